The van der Waals surface area contributed by atoms with Crippen LogP contribution in [-0.4, -0.2) is 29.9 Å². The maximum absolute atomic E-state index is 6.33. The van der Waals surface area contributed by atoms with Crippen molar-refractivity contribution in [1.29, 1.82) is 0 Å². The third-order valence-electron chi connectivity index (χ3n) is 4.24. The smallest absolute Gasteiger partial charge is 0.347 e. The molecule has 174 valence electrons. The summed E-state index contributed by atoms with van der Waals surface area (Å²) in [6, 6.07) is 3.34. The van der Waals surface area contributed by atoms with E-state index in [1.807, 2.05) is 0 Å². The first-order valence-corrected chi connectivity index (χ1v) is 10.8. The van der Waals surface area contributed by atoms with Crippen molar-refractivity contribution in [3.05, 3.63) is 76.0 Å². The number of nitrogens with zero attached hydrogens (tertiary/aromatic N) is 3. The van der Waals surface area contributed by atoms with Gasteiger partial charge >= 0.3 is 6.01 Å². The topological polar surface area (TPSA) is 118 Å². The number of methoxy groups -OCH3 is 2. The first-order chi connectivity index (χ1) is 15.7. The van der Waals surface area contributed by atoms with Crippen molar-refractivity contribution in [3.63, 3.8) is 0 Å². The summed E-state index contributed by atoms with van der Waals surface area (Å²) in [6.45, 7) is 11.4. The van der Waals surface area contributed by atoms with Crippen molar-refractivity contribution < 1.29 is 14.3 Å². The summed E-state index contributed by atoms with van der Waals surface area (Å²) in [4.78, 5) is 15.4. The van der Waals surface area contributed by atoms with E-state index in [1.165, 1.54) is 32.2 Å². The zero-order valence-electron chi connectivity index (χ0n) is 18.9. The Morgan fingerprint density at radius 2 is 1.85 bits per heavy atom. The Hall–Kier alpha value is -3.43. The van der Waals surface area contributed by atoms with Crippen LogP contribution in [0.3, 0.4) is 0 Å². The molecule has 0 saturated carbocycles. The molecule has 2 rings (SSSR count). The molecule has 0 radical (unpaired) electrons. The maximum atomic E-state index is 6.33. The minimum atomic E-state index is -0.0309. The molecule has 33 heavy (non-hydrogen) atoms. The van der Waals surface area contributed by atoms with Crippen LogP contribution in [0.2, 0.25) is 5.15 Å². The lowest BCUT2D eigenvalue weighted by Gasteiger charge is -2.12. The number of nitrogens with two attached hydrogens (primary N) is 2. The average Bonchev–Trinajstić information content (AvgIpc) is 2.80. The minimum absolute atomic E-state index is 0.0309. The lowest BCUT2D eigenvalue weighted by atomic mass is 10.2. The molecule has 0 aliphatic rings. The Bertz CT molecular complexity index is 1180. The molecule has 10 heteroatoms. The van der Waals surface area contributed by atoms with Gasteiger partial charge in [-0.3, -0.25) is 0 Å². The predicted octanol–water partition coefficient (Wildman–Crippen LogP) is 5.08. The van der Waals surface area contributed by atoms with Crippen LogP contribution in [0, 0.1) is 0 Å². The van der Waals surface area contributed by atoms with Crippen molar-refractivity contribution >= 4 is 40.0 Å². The van der Waals surface area contributed by atoms with Crippen LogP contribution in [0.15, 0.2) is 76.0 Å². The number of fused-ring (bicyclic) bond motifs is 1. The van der Waals surface area contributed by atoms with Crippen molar-refractivity contribution in [2.24, 2.45) is 16.6 Å². The molecule has 0 aliphatic carbocycles. The molecule has 1 aromatic carbocycles. The Labute approximate surface area is 202 Å². The normalized spacial score (nSPS) is 13.1. The summed E-state index contributed by atoms with van der Waals surface area (Å²) in [6.07, 6.45) is 6.59. The van der Waals surface area contributed by atoms with Gasteiger partial charge in [-0.25, -0.2) is 0 Å². The van der Waals surface area contributed by atoms with Crippen LogP contribution in [-0.2, 0) is 0 Å². The number of aromatic nitrogens is 2. The van der Waals surface area contributed by atoms with Crippen LogP contribution < -0.4 is 25.8 Å². The highest BCUT2D eigenvalue weighted by molar-refractivity contribution is 8.07. The average molecular weight is 488 g/mol. The number of rotatable bonds is 10. The number of thioether (sulfide) groups is 1. The van der Waals surface area contributed by atoms with E-state index in [0.29, 0.717) is 43.6 Å². The SMILES string of the molecule is C=C/C(=C\C=C/N)C(=C)SC(=C(/C)N)/C(C)=N/Oc1nc(Cl)c2cc(OC)c(OC)cc2n1. The number of benzene rings is 1. The zero-order chi connectivity index (χ0) is 24.5. The Kier molecular flexibility index (Phi) is 9.38. The van der Waals surface area contributed by atoms with E-state index in [-0.39, 0.29) is 11.2 Å². The van der Waals surface area contributed by atoms with Gasteiger partial charge in [-0.05, 0) is 37.8 Å². The number of ether oxygens (including phenoxy) is 2. The van der Waals surface area contributed by atoms with Gasteiger partial charge in [-0.15, -0.1) is 0 Å². The molecular weight excluding hydrogens is 462 g/mol. The number of allylic oxidation sites excluding steroid dienone is 6. The molecule has 1 aromatic heterocycles. The van der Waals surface area contributed by atoms with Gasteiger partial charge in [0.25, 0.3) is 0 Å². The van der Waals surface area contributed by atoms with Crippen molar-refractivity contribution in [2.45, 2.75) is 13.8 Å². The first-order valence-electron chi connectivity index (χ1n) is 9.61. The van der Waals surface area contributed by atoms with Crippen LogP contribution in [0.1, 0.15) is 13.8 Å². The Morgan fingerprint density at radius 3 is 2.42 bits per heavy atom. The van der Waals surface area contributed by atoms with Crippen LogP contribution in [0.25, 0.3) is 10.9 Å². The number of halogens is 1. The lowest BCUT2D eigenvalue weighted by Crippen LogP contribution is -2.06. The molecular formula is C23H26ClN5O3S. The highest BCUT2D eigenvalue weighted by Crippen LogP contribution is 2.35. The highest BCUT2D eigenvalue weighted by Gasteiger charge is 2.14. The molecule has 0 atom stereocenters. The molecule has 1 heterocycles. The fourth-order valence-electron chi connectivity index (χ4n) is 2.65. The lowest BCUT2D eigenvalue weighted by molar-refractivity contribution is 0.314. The van der Waals surface area contributed by atoms with Gasteiger partial charge in [0, 0.05) is 22.1 Å². The summed E-state index contributed by atoms with van der Waals surface area (Å²) in [5, 5.41) is 4.91. The van der Waals surface area contributed by atoms with Gasteiger partial charge in [-0.2, -0.15) is 9.97 Å². The molecule has 8 nitrogen and oxygen atoms in total. The highest BCUT2D eigenvalue weighted by atomic mass is 35.5. The minimum Gasteiger partial charge on any atom is -0.493 e. The maximum Gasteiger partial charge on any atom is 0.347 e. The van der Waals surface area contributed by atoms with Gasteiger partial charge in [-0.1, -0.05) is 53.8 Å². The second-order valence-electron chi connectivity index (χ2n) is 6.54. The van der Waals surface area contributed by atoms with E-state index < -0.39 is 0 Å². The van der Waals surface area contributed by atoms with Gasteiger partial charge in [0.05, 0.1) is 30.4 Å². The van der Waals surface area contributed by atoms with E-state index >= 15 is 0 Å². The predicted molar refractivity (Wildman–Crippen MR) is 137 cm³/mol. The van der Waals surface area contributed by atoms with Gasteiger partial charge in [0.2, 0.25) is 0 Å². The molecule has 0 spiro atoms. The molecule has 0 unspecified atom stereocenters. The molecule has 0 saturated heterocycles. The first kappa shape index (κ1) is 25.8. The van der Waals surface area contributed by atoms with Gasteiger partial charge in [0.15, 0.2) is 11.5 Å². The number of hydrogen-bond acceptors (Lipinski definition) is 9. The summed E-state index contributed by atoms with van der Waals surface area (Å²) >= 11 is 7.66. The fraction of sp³-hybridized carbons (Fsp3) is 0.174. The van der Waals surface area contributed by atoms with E-state index in [1.54, 1.807) is 44.2 Å². The van der Waals surface area contributed by atoms with Crippen molar-refractivity contribution in [1.82, 2.24) is 9.97 Å². The molecule has 0 bridgehead atoms. The third kappa shape index (κ3) is 6.53. The summed E-state index contributed by atoms with van der Waals surface area (Å²) in [7, 11) is 3.07. The monoisotopic (exact) mass is 487 g/mol. The summed E-state index contributed by atoms with van der Waals surface area (Å²) in [5.41, 5.74) is 13.8. The molecule has 4 N–H and O–H groups in total. The second kappa shape index (κ2) is 12.0. The van der Waals surface area contributed by atoms with E-state index in [9.17, 15) is 0 Å². The van der Waals surface area contributed by atoms with Crippen LogP contribution in [0.4, 0.5) is 0 Å². The number of hydrogen-bond donors (Lipinski definition) is 2. The quantitative estimate of drug-likeness (QED) is 0.206. The Morgan fingerprint density at radius 1 is 1.18 bits per heavy atom. The van der Waals surface area contributed by atoms with Crippen molar-refractivity contribution in [2.75, 3.05) is 14.2 Å². The van der Waals surface area contributed by atoms with Crippen LogP contribution in [0.5, 0.6) is 17.5 Å². The zero-order valence-corrected chi connectivity index (χ0v) is 20.5. The number of oxime groups is 1. The molecule has 2 aromatic rings. The standard InChI is InChI=1S/C23H26ClN5O3S/c1-7-16(9-8-10-25)15(4)33-21(13(2)26)14(3)29-32-23-27-18-12-20(31-6)19(30-5)11-17(18)22(24)28-23/h7-12H,1,4,25-26H2,2-3,5-6H3/b10-8-,16-9+,21-13-,29-14+. The largest absolute Gasteiger partial charge is 0.493 e. The van der Waals surface area contributed by atoms with E-state index in [2.05, 4.69) is 28.3 Å². The third-order valence-corrected chi connectivity index (χ3v) is 5.83. The summed E-state index contributed by atoms with van der Waals surface area (Å²) in [5.74, 6) is 1.01. The van der Waals surface area contributed by atoms with E-state index in [4.69, 9.17) is 37.4 Å². The van der Waals surface area contributed by atoms with E-state index in [0.717, 1.165) is 5.57 Å². The van der Waals surface area contributed by atoms with Gasteiger partial charge < -0.3 is 25.8 Å². The van der Waals surface area contributed by atoms with Crippen molar-refractivity contribution in [3.8, 4) is 17.5 Å². The fourth-order valence-corrected chi connectivity index (χ4v) is 3.73. The second-order valence-corrected chi connectivity index (χ2v) is 8.00. The molecule has 0 fully saturated rings. The Balaban J connectivity index is 2.33. The summed E-state index contributed by atoms with van der Waals surface area (Å²) < 4.78 is 10.6. The van der Waals surface area contributed by atoms with Gasteiger partial charge in [0.1, 0.15) is 5.15 Å². The molecule has 0 amide bonds. The molecule has 0 aliphatic heterocycles. The van der Waals surface area contributed by atoms with Crippen LogP contribution >= 0.6 is 23.4 Å².